The molecule has 0 amide bonds. The van der Waals surface area contributed by atoms with Gasteiger partial charge in [0.1, 0.15) is 17.2 Å². The normalized spacial score (nSPS) is 15.5. The summed E-state index contributed by atoms with van der Waals surface area (Å²) in [6, 6.07) is 22.7. The van der Waals surface area contributed by atoms with Crippen LogP contribution in [-0.4, -0.2) is 61.0 Å². The van der Waals surface area contributed by atoms with Crippen LogP contribution in [0.4, 0.5) is 0 Å². The standard InChI is InChI=1S/C18H26O3.C17H24O3.C11H14O3.Li.H2O/c1-14(18(19)20-2)12-15-8-10-17(11-9-15)21-13-16-6-4-3-5-7-16;1-13(17(18)19)11-14-7-9-16(10-8-14)20-12-15-5-3-2-4-6-15;1-8(11(13)14-2)7-9-3-5-10(12)6-4-9;;/h8-11,14,16H,3-7,12-13H2,1-2H3;7-10,13,15H,2-6,11-12H2,1H3,(H,18,19);3-6,8,12H,7H2,1-2H3;;1H2/q;;;+1;/p-1/t14-;13-;8-;;/m000../s1. The van der Waals surface area contributed by atoms with Gasteiger partial charge in [-0.3, -0.25) is 14.4 Å². The van der Waals surface area contributed by atoms with Crippen LogP contribution in [0.5, 0.6) is 17.2 Å². The molecule has 0 spiro atoms. The zero-order valence-electron chi connectivity index (χ0n) is 35.1. The predicted molar refractivity (Wildman–Crippen MR) is 217 cm³/mol. The van der Waals surface area contributed by atoms with Crippen molar-refractivity contribution in [1.29, 1.82) is 0 Å². The molecule has 310 valence electrons. The quantitative estimate of drug-likeness (QED) is 0.129. The number of benzene rings is 3. The van der Waals surface area contributed by atoms with Crippen molar-refractivity contribution in [3.05, 3.63) is 89.5 Å². The first-order chi connectivity index (χ1) is 26.5. The van der Waals surface area contributed by atoms with Crippen LogP contribution in [0, 0.1) is 29.6 Å². The molecule has 2 aliphatic carbocycles. The van der Waals surface area contributed by atoms with E-state index in [2.05, 4.69) is 4.74 Å². The Labute approximate surface area is 352 Å². The second-order valence-corrected chi connectivity index (χ2v) is 15.3. The predicted octanol–water partition coefficient (Wildman–Crippen LogP) is 6.48. The molecule has 11 heteroatoms. The van der Waals surface area contributed by atoms with Crippen LogP contribution in [0.25, 0.3) is 0 Å². The third-order valence-corrected chi connectivity index (χ3v) is 10.5. The topological polar surface area (TPSA) is 159 Å². The van der Waals surface area contributed by atoms with E-state index in [-0.39, 0.29) is 59.8 Å². The number of esters is 2. The number of aromatic hydroxyl groups is 1. The summed E-state index contributed by atoms with van der Waals surface area (Å²) < 4.78 is 21.1. The van der Waals surface area contributed by atoms with Crippen LogP contribution in [-0.2, 0) is 43.1 Å². The SMILES string of the molecule is COC(=O)[C@@H](C)Cc1ccc(O)cc1.COC(=O)[C@@H](C)Cc1ccc(OCC2CCCCC2)cc1.C[C@@H](Cc1ccc(OCC2CCCCC2)cc1)C(=O)O.[Li+].[OH-]. The summed E-state index contributed by atoms with van der Waals surface area (Å²) in [7, 11) is 2.82. The van der Waals surface area contributed by atoms with Crippen molar-refractivity contribution >= 4 is 17.9 Å². The average molecular weight is 785 g/mol. The third kappa shape index (κ3) is 20.3. The van der Waals surface area contributed by atoms with Crippen molar-refractivity contribution < 1.29 is 67.9 Å². The Morgan fingerprint density at radius 2 is 0.877 bits per heavy atom. The number of aliphatic carboxylic acids is 1. The van der Waals surface area contributed by atoms with Gasteiger partial charge in [-0.15, -0.1) is 0 Å². The first kappa shape index (κ1) is 51.0. The minimum absolute atomic E-state index is 0. The number of ether oxygens (including phenoxy) is 4. The Bertz CT molecular complexity index is 1530. The third-order valence-electron chi connectivity index (χ3n) is 10.5. The van der Waals surface area contributed by atoms with E-state index in [4.69, 9.17) is 24.4 Å². The number of methoxy groups -OCH3 is 2. The molecule has 0 radical (unpaired) electrons. The molecule has 3 aromatic rings. The number of phenols is 1. The number of carbonyl (C=O) groups excluding carboxylic acids is 2. The summed E-state index contributed by atoms with van der Waals surface area (Å²) >= 11 is 0. The van der Waals surface area contributed by atoms with Crippen molar-refractivity contribution in [1.82, 2.24) is 0 Å². The number of hydrogen-bond acceptors (Lipinski definition) is 9. The molecule has 5 rings (SSSR count). The summed E-state index contributed by atoms with van der Waals surface area (Å²) in [6.07, 6.45) is 15.2. The molecule has 3 aromatic carbocycles. The molecule has 0 unspecified atom stereocenters. The first-order valence-electron chi connectivity index (χ1n) is 20.1. The van der Waals surface area contributed by atoms with Crippen LogP contribution in [0.15, 0.2) is 72.8 Å². The zero-order chi connectivity index (χ0) is 40.0. The number of carbonyl (C=O) groups is 3. The number of carboxylic acid groups (broad SMARTS) is 1. The molecular formula is C46H65LiO10. The van der Waals surface area contributed by atoms with E-state index in [1.54, 1.807) is 31.2 Å². The summed E-state index contributed by atoms with van der Waals surface area (Å²) in [5.41, 5.74) is 3.20. The number of carboxylic acids is 1. The number of rotatable bonds is 15. The molecule has 10 nitrogen and oxygen atoms in total. The average Bonchev–Trinajstić information content (AvgIpc) is 3.21. The largest absolute Gasteiger partial charge is 1.00 e. The zero-order valence-corrected chi connectivity index (χ0v) is 35.1. The molecule has 2 fully saturated rings. The smallest absolute Gasteiger partial charge is 0.870 e. The number of phenolic OH excluding ortho intramolecular Hbond substituents is 1. The summed E-state index contributed by atoms with van der Waals surface area (Å²) in [5.74, 6) is 1.76. The van der Waals surface area contributed by atoms with E-state index in [0.717, 1.165) is 47.3 Å². The molecule has 0 aromatic heterocycles. The van der Waals surface area contributed by atoms with Crippen molar-refractivity contribution in [2.75, 3.05) is 27.4 Å². The molecule has 0 heterocycles. The molecule has 57 heavy (non-hydrogen) atoms. The molecule has 0 aliphatic heterocycles. The summed E-state index contributed by atoms with van der Waals surface area (Å²) in [6.45, 7) is 7.08. The molecule has 0 saturated heterocycles. The molecule has 2 aliphatic rings. The van der Waals surface area contributed by atoms with Crippen LogP contribution in [0.1, 0.15) is 102 Å². The van der Waals surface area contributed by atoms with Crippen molar-refractivity contribution in [2.24, 2.45) is 29.6 Å². The Morgan fingerprint density at radius 1 is 0.561 bits per heavy atom. The maximum absolute atomic E-state index is 11.4. The van der Waals surface area contributed by atoms with Gasteiger partial charge in [0.05, 0.1) is 45.2 Å². The summed E-state index contributed by atoms with van der Waals surface area (Å²) in [4.78, 5) is 33.3. The first-order valence-corrected chi connectivity index (χ1v) is 20.1. The maximum Gasteiger partial charge on any atom is 1.00 e. The molecule has 2 saturated carbocycles. The fraction of sp³-hybridized carbons (Fsp3) is 0.543. The van der Waals surface area contributed by atoms with E-state index in [1.807, 2.05) is 62.4 Å². The monoisotopic (exact) mass is 784 g/mol. The van der Waals surface area contributed by atoms with Crippen LogP contribution in [0.2, 0.25) is 0 Å². The molecule has 3 atom stereocenters. The Hall–Kier alpha value is -3.97. The Kier molecular flexibility index (Phi) is 25.5. The van der Waals surface area contributed by atoms with Crippen molar-refractivity contribution in [3.63, 3.8) is 0 Å². The minimum atomic E-state index is -0.748. The van der Waals surface area contributed by atoms with Crippen LogP contribution in [0.3, 0.4) is 0 Å². The van der Waals surface area contributed by atoms with Gasteiger partial charge in [-0.25, -0.2) is 0 Å². The van der Waals surface area contributed by atoms with E-state index in [0.29, 0.717) is 25.2 Å². The van der Waals surface area contributed by atoms with E-state index < -0.39 is 5.97 Å². The van der Waals surface area contributed by atoms with Gasteiger partial charge in [-0.1, -0.05) is 95.7 Å². The van der Waals surface area contributed by atoms with Crippen LogP contribution >= 0.6 is 0 Å². The van der Waals surface area contributed by atoms with Gasteiger partial charge in [0.2, 0.25) is 0 Å². The summed E-state index contributed by atoms with van der Waals surface area (Å²) in [5, 5.41) is 18.0. The van der Waals surface area contributed by atoms with E-state index >= 15 is 0 Å². The molecule has 3 N–H and O–H groups in total. The fourth-order valence-corrected chi connectivity index (χ4v) is 6.93. The van der Waals surface area contributed by atoms with Gasteiger partial charge < -0.3 is 34.6 Å². The van der Waals surface area contributed by atoms with E-state index in [1.165, 1.54) is 78.4 Å². The fourth-order valence-electron chi connectivity index (χ4n) is 6.93. The van der Waals surface area contributed by atoms with Gasteiger partial charge >= 0.3 is 36.8 Å². The Balaban J connectivity index is 0.000000429. The second-order valence-electron chi connectivity index (χ2n) is 15.3. The number of hydrogen-bond donors (Lipinski definition) is 2. The van der Waals surface area contributed by atoms with Gasteiger partial charge in [0, 0.05) is 0 Å². The van der Waals surface area contributed by atoms with Gasteiger partial charge in [-0.05, 0) is 110 Å². The van der Waals surface area contributed by atoms with Crippen molar-refractivity contribution in [2.45, 2.75) is 104 Å². The molecular weight excluding hydrogens is 719 g/mol. The van der Waals surface area contributed by atoms with Gasteiger partial charge in [-0.2, -0.15) is 0 Å². The van der Waals surface area contributed by atoms with E-state index in [9.17, 15) is 14.4 Å². The minimum Gasteiger partial charge on any atom is -0.870 e. The van der Waals surface area contributed by atoms with Gasteiger partial charge in [0.15, 0.2) is 0 Å². The van der Waals surface area contributed by atoms with Crippen LogP contribution < -0.4 is 28.3 Å². The Morgan fingerprint density at radius 3 is 1.19 bits per heavy atom. The maximum atomic E-state index is 11.4. The van der Waals surface area contributed by atoms with Gasteiger partial charge in [0.25, 0.3) is 0 Å². The second kappa shape index (κ2) is 28.4. The molecule has 0 bridgehead atoms. The van der Waals surface area contributed by atoms with Crippen molar-refractivity contribution in [3.8, 4) is 17.2 Å².